The summed E-state index contributed by atoms with van der Waals surface area (Å²) in [5.74, 6) is -2.34. The van der Waals surface area contributed by atoms with Crippen LogP contribution >= 0.6 is 11.3 Å². The first-order chi connectivity index (χ1) is 8.54. The quantitative estimate of drug-likeness (QED) is 0.887. The van der Waals surface area contributed by atoms with Crippen molar-refractivity contribution in [2.24, 2.45) is 0 Å². The van der Waals surface area contributed by atoms with E-state index in [0.717, 1.165) is 23.5 Å². The van der Waals surface area contributed by atoms with Crippen LogP contribution in [0.25, 0.3) is 0 Å². The molecule has 0 unspecified atom stereocenters. The molecule has 1 aromatic carbocycles. The Bertz CT molecular complexity index is 587. The number of carbonyl (C=O) groups is 1. The lowest BCUT2D eigenvalue weighted by Crippen LogP contribution is -2.14. The van der Waals surface area contributed by atoms with Crippen molar-refractivity contribution in [2.75, 3.05) is 11.1 Å². The number of amides is 1. The average Bonchev–Trinajstić information content (AvgIpc) is 2.69. The smallest absolute Gasteiger partial charge is 0.230 e. The highest BCUT2D eigenvalue weighted by Crippen LogP contribution is 2.17. The maximum Gasteiger partial charge on any atom is 0.230 e. The van der Waals surface area contributed by atoms with Gasteiger partial charge in [0, 0.05) is 0 Å². The van der Waals surface area contributed by atoms with Gasteiger partial charge in [0.2, 0.25) is 16.2 Å². The van der Waals surface area contributed by atoms with E-state index in [1.807, 2.05) is 0 Å². The first-order valence-corrected chi connectivity index (χ1v) is 5.69. The predicted octanol–water partition coefficient (Wildman–Crippen LogP) is 1.58. The van der Waals surface area contributed by atoms with E-state index in [0.29, 0.717) is 5.56 Å². The third-order valence-corrected chi connectivity index (χ3v) is 2.70. The molecule has 5 nitrogen and oxygen atoms in total. The third-order valence-electron chi connectivity index (χ3n) is 2.04. The number of hydrogen-bond donors (Lipinski definition) is 2. The SMILES string of the molecule is Nc1nnc(NC(=O)Cc2ccc(F)c(F)c2)s1. The van der Waals surface area contributed by atoms with Gasteiger partial charge < -0.3 is 11.1 Å². The van der Waals surface area contributed by atoms with E-state index >= 15 is 0 Å². The molecular weight excluding hydrogens is 262 g/mol. The molecule has 0 aliphatic heterocycles. The van der Waals surface area contributed by atoms with E-state index in [-0.39, 0.29) is 16.7 Å². The molecular formula is C10H8F2N4OS. The van der Waals surface area contributed by atoms with Crippen LogP contribution in [0.4, 0.5) is 19.0 Å². The Morgan fingerprint density at radius 3 is 2.72 bits per heavy atom. The Kier molecular flexibility index (Phi) is 3.47. The summed E-state index contributed by atoms with van der Waals surface area (Å²) in [5.41, 5.74) is 5.71. The summed E-state index contributed by atoms with van der Waals surface area (Å²) in [7, 11) is 0. The van der Waals surface area contributed by atoms with Crippen molar-refractivity contribution >= 4 is 27.5 Å². The van der Waals surface area contributed by atoms with Gasteiger partial charge in [-0.1, -0.05) is 17.4 Å². The van der Waals surface area contributed by atoms with Crippen LogP contribution < -0.4 is 11.1 Å². The number of hydrogen-bond acceptors (Lipinski definition) is 5. The number of benzene rings is 1. The molecule has 8 heteroatoms. The Hall–Kier alpha value is -2.09. The van der Waals surface area contributed by atoms with E-state index < -0.39 is 17.5 Å². The molecule has 0 spiro atoms. The second-order valence-corrected chi connectivity index (χ2v) is 4.43. The van der Waals surface area contributed by atoms with Gasteiger partial charge in [0.15, 0.2) is 11.6 Å². The Morgan fingerprint density at radius 1 is 1.33 bits per heavy atom. The second kappa shape index (κ2) is 5.05. The van der Waals surface area contributed by atoms with Crippen LogP contribution in [0.2, 0.25) is 0 Å². The Balaban J connectivity index is 2.00. The zero-order valence-electron chi connectivity index (χ0n) is 8.98. The molecule has 2 aromatic rings. The summed E-state index contributed by atoms with van der Waals surface area (Å²) in [6.45, 7) is 0. The van der Waals surface area contributed by atoms with Gasteiger partial charge in [0.1, 0.15) is 0 Å². The van der Waals surface area contributed by atoms with Crippen LogP contribution in [0.3, 0.4) is 0 Å². The molecule has 1 amide bonds. The molecule has 0 radical (unpaired) electrons. The molecule has 0 fully saturated rings. The highest BCUT2D eigenvalue weighted by Gasteiger charge is 2.09. The number of rotatable bonds is 3. The number of halogens is 2. The van der Waals surface area contributed by atoms with Gasteiger partial charge in [-0.3, -0.25) is 4.79 Å². The molecule has 2 rings (SSSR count). The Labute approximate surface area is 105 Å². The number of nitrogens with one attached hydrogen (secondary N) is 1. The molecule has 3 N–H and O–H groups in total. The first kappa shape index (κ1) is 12.4. The van der Waals surface area contributed by atoms with Gasteiger partial charge in [-0.05, 0) is 17.7 Å². The first-order valence-electron chi connectivity index (χ1n) is 4.87. The van der Waals surface area contributed by atoms with Crippen molar-refractivity contribution in [1.82, 2.24) is 10.2 Å². The number of anilines is 2. The molecule has 0 aliphatic rings. The van der Waals surface area contributed by atoms with E-state index in [9.17, 15) is 13.6 Å². The maximum atomic E-state index is 12.9. The number of aromatic nitrogens is 2. The molecule has 0 aliphatic carbocycles. The Morgan fingerprint density at radius 2 is 2.11 bits per heavy atom. The maximum absolute atomic E-state index is 12.9. The minimum Gasteiger partial charge on any atom is -0.374 e. The fourth-order valence-electron chi connectivity index (χ4n) is 1.28. The van der Waals surface area contributed by atoms with Gasteiger partial charge in [-0.15, -0.1) is 10.2 Å². The van der Waals surface area contributed by atoms with E-state index in [1.165, 1.54) is 6.07 Å². The summed E-state index contributed by atoms with van der Waals surface area (Å²) in [4.78, 5) is 11.6. The number of nitrogens with two attached hydrogens (primary N) is 1. The average molecular weight is 270 g/mol. The third kappa shape index (κ3) is 2.98. The van der Waals surface area contributed by atoms with Gasteiger partial charge in [0.05, 0.1) is 6.42 Å². The summed E-state index contributed by atoms with van der Waals surface area (Å²) >= 11 is 1.02. The van der Waals surface area contributed by atoms with Crippen molar-refractivity contribution < 1.29 is 13.6 Å². The molecule has 0 saturated heterocycles. The summed E-state index contributed by atoms with van der Waals surface area (Å²) in [6, 6.07) is 3.29. The van der Waals surface area contributed by atoms with Gasteiger partial charge >= 0.3 is 0 Å². The van der Waals surface area contributed by atoms with Gasteiger partial charge in [-0.25, -0.2) is 8.78 Å². The number of carbonyl (C=O) groups excluding carboxylic acids is 1. The van der Waals surface area contributed by atoms with Crippen molar-refractivity contribution in [3.05, 3.63) is 35.4 Å². The fraction of sp³-hybridized carbons (Fsp3) is 0.100. The largest absolute Gasteiger partial charge is 0.374 e. The standard InChI is InChI=1S/C10H8F2N4OS/c11-6-2-1-5(3-7(6)12)4-8(17)14-10-16-15-9(13)18-10/h1-3H,4H2,(H2,13,15)(H,14,16,17). The van der Waals surface area contributed by atoms with E-state index in [1.54, 1.807) is 0 Å². The lowest BCUT2D eigenvalue weighted by Gasteiger charge is -2.02. The molecule has 0 saturated carbocycles. The lowest BCUT2D eigenvalue weighted by molar-refractivity contribution is -0.115. The minimum absolute atomic E-state index is 0.0866. The van der Waals surface area contributed by atoms with Crippen LogP contribution in [0.15, 0.2) is 18.2 Å². The van der Waals surface area contributed by atoms with Crippen molar-refractivity contribution in [3.63, 3.8) is 0 Å². The summed E-state index contributed by atoms with van der Waals surface area (Å²) in [6.07, 6.45) is -0.0866. The highest BCUT2D eigenvalue weighted by molar-refractivity contribution is 7.18. The number of nitrogen functional groups attached to an aromatic ring is 1. The van der Waals surface area contributed by atoms with Gasteiger partial charge in [-0.2, -0.15) is 0 Å². The fourth-order valence-corrected chi connectivity index (χ4v) is 1.81. The van der Waals surface area contributed by atoms with Gasteiger partial charge in [0.25, 0.3) is 0 Å². The van der Waals surface area contributed by atoms with Crippen LogP contribution in [0, 0.1) is 11.6 Å². The van der Waals surface area contributed by atoms with Crippen molar-refractivity contribution in [2.45, 2.75) is 6.42 Å². The van der Waals surface area contributed by atoms with Crippen LogP contribution in [0.5, 0.6) is 0 Å². The molecule has 18 heavy (non-hydrogen) atoms. The van der Waals surface area contributed by atoms with Crippen molar-refractivity contribution in [3.8, 4) is 0 Å². The molecule has 1 aromatic heterocycles. The lowest BCUT2D eigenvalue weighted by atomic mass is 10.1. The minimum atomic E-state index is -0.986. The predicted molar refractivity (Wildman–Crippen MR) is 63.0 cm³/mol. The second-order valence-electron chi connectivity index (χ2n) is 3.42. The van der Waals surface area contributed by atoms with E-state index in [4.69, 9.17) is 5.73 Å². The zero-order valence-corrected chi connectivity index (χ0v) is 9.80. The van der Waals surface area contributed by atoms with E-state index in [2.05, 4.69) is 15.5 Å². The topological polar surface area (TPSA) is 80.9 Å². The summed E-state index contributed by atoms with van der Waals surface area (Å²) in [5, 5.41) is 10.1. The molecule has 1 heterocycles. The normalized spacial score (nSPS) is 10.3. The number of nitrogens with zero attached hydrogens (tertiary/aromatic N) is 2. The van der Waals surface area contributed by atoms with Crippen LogP contribution in [-0.4, -0.2) is 16.1 Å². The molecule has 0 atom stereocenters. The van der Waals surface area contributed by atoms with Crippen LogP contribution in [-0.2, 0) is 11.2 Å². The van der Waals surface area contributed by atoms with Crippen molar-refractivity contribution in [1.29, 1.82) is 0 Å². The monoisotopic (exact) mass is 270 g/mol. The molecule has 0 bridgehead atoms. The zero-order chi connectivity index (χ0) is 13.1. The highest BCUT2D eigenvalue weighted by atomic mass is 32.1. The van der Waals surface area contributed by atoms with Crippen LogP contribution in [0.1, 0.15) is 5.56 Å². The summed E-state index contributed by atoms with van der Waals surface area (Å²) < 4.78 is 25.6. The molecule has 94 valence electrons.